The van der Waals surface area contributed by atoms with E-state index in [1.807, 2.05) is 36.7 Å². The zero-order chi connectivity index (χ0) is 28.4. The summed E-state index contributed by atoms with van der Waals surface area (Å²) in [6.45, 7) is 13.3. The molecule has 10 nitrogen and oxygen atoms in total. The van der Waals surface area contributed by atoms with Crippen LogP contribution >= 0.6 is 11.3 Å². The summed E-state index contributed by atoms with van der Waals surface area (Å²) in [6, 6.07) is 10.1. The van der Waals surface area contributed by atoms with Crippen molar-refractivity contribution in [3.8, 4) is 22.5 Å². The summed E-state index contributed by atoms with van der Waals surface area (Å²) < 4.78 is 8.26. The minimum absolute atomic E-state index is 0.0517. The van der Waals surface area contributed by atoms with Gasteiger partial charge in [0.2, 0.25) is 0 Å². The molecule has 1 N–H and O–H groups in total. The van der Waals surface area contributed by atoms with Crippen LogP contribution < -0.4 is 5.32 Å². The predicted molar refractivity (Wildman–Crippen MR) is 155 cm³/mol. The number of anilines is 2. The number of thiazole rings is 1. The van der Waals surface area contributed by atoms with Gasteiger partial charge in [0.1, 0.15) is 22.2 Å². The molecule has 0 spiro atoms. The number of nitriles is 1. The van der Waals surface area contributed by atoms with Crippen LogP contribution in [0.15, 0.2) is 48.1 Å². The highest BCUT2D eigenvalue weighted by Gasteiger charge is 2.37. The fraction of sp³-hybridized carbons (Fsp3) is 0.333. The highest BCUT2D eigenvalue weighted by molar-refractivity contribution is 7.13. The number of rotatable bonds is 9. The molecule has 0 bridgehead atoms. The topological polar surface area (TPSA) is 132 Å². The van der Waals surface area contributed by atoms with E-state index in [9.17, 15) is 15.4 Å². The molecule has 3 heterocycles. The molecular formula is C27H31N7O3SSi. The Balaban J connectivity index is 1.78. The van der Waals surface area contributed by atoms with Gasteiger partial charge < -0.3 is 9.74 Å². The number of benzene rings is 1. The van der Waals surface area contributed by atoms with Gasteiger partial charge >= 0.3 is 0 Å². The van der Waals surface area contributed by atoms with Gasteiger partial charge in [0.05, 0.1) is 22.2 Å². The van der Waals surface area contributed by atoms with Crippen molar-refractivity contribution in [3.05, 3.63) is 75.0 Å². The Morgan fingerprint density at radius 3 is 2.67 bits per heavy atom. The maximum absolute atomic E-state index is 11.8. The Kier molecular flexibility index (Phi) is 7.96. The van der Waals surface area contributed by atoms with Crippen molar-refractivity contribution >= 4 is 36.8 Å². The molecule has 0 aliphatic heterocycles. The fourth-order valence-corrected chi connectivity index (χ4v) is 5.42. The standard InChI is InChI=1S/C27H31N7O3SSi/c1-18-15-23(33-12-9-22(32-33)26-29-11-14-38-26)20(10-13-37-39(5,6)27(2,3)4)25(30-18)31-21-8-7-19(17-28)16-24(21)34(35)36/h7-9,11-12,14-16H,10,13H2,1-6H3,(H,30,31). The van der Waals surface area contributed by atoms with Gasteiger partial charge in [-0.2, -0.15) is 10.4 Å². The van der Waals surface area contributed by atoms with Gasteiger partial charge in [-0.25, -0.2) is 14.6 Å². The lowest BCUT2D eigenvalue weighted by Gasteiger charge is -2.36. The Morgan fingerprint density at radius 2 is 2.03 bits per heavy atom. The van der Waals surface area contributed by atoms with Crippen molar-refractivity contribution in [2.24, 2.45) is 0 Å². The summed E-state index contributed by atoms with van der Waals surface area (Å²) in [5, 5.41) is 31.8. The first-order valence-corrected chi connectivity index (χ1v) is 16.2. The number of nitrogens with zero attached hydrogens (tertiary/aromatic N) is 6. The second-order valence-electron chi connectivity index (χ2n) is 10.7. The lowest BCUT2D eigenvalue weighted by molar-refractivity contribution is -0.383. The van der Waals surface area contributed by atoms with Gasteiger partial charge in [-0.05, 0) is 49.3 Å². The summed E-state index contributed by atoms with van der Waals surface area (Å²) in [5.41, 5.74) is 3.32. The molecule has 0 saturated carbocycles. The number of hydrogen-bond acceptors (Lipinski definition) is 9. The molecule has 0 unspecified atom stereocenters. The molecule has 202 valence electrons. The van der Waals surface area contributed by atoms with Gasteiger partial charge in [-0.3, -0.25) is 10.1 Å². The highest BCUT2D eigenvalue weighted by Crippen LogP contribution is 2.37. The maximum atomic E-state index is 11.8. The van der Waals surface area contributed by atoms with E-state index in [0.29, 0.717) is 24.5 Å². The summed E-state index contributed by atoms with van der Waals surface area (Å²) in [6.07, 6.45) is 4.12. The number of hydrogen-bond donors (Lipinski definition) is 1. The van der Waals surface area contributed by atoms with Crippen LogP contribution in [0.2, 0.25) is 18.1 Å². The number of nitro benzene ring substituents is 1. The SMILES string of the molecule is Cc1cc(-n2ccc(-c3nccs3)n2)c(CCO[Si](C)(C)C(C)(C)C)c(Nc2ccc(C#N)cc2[N+](=O)[O-])n1. The van der Waals surface area contributed by atoms with Crippen molar-refractivity contribution in [2.75, 3.05) is 11.9 Å². The number of aromatic nitrogens is 4. The second kappa shape index (κ2) is 11.1. The van der Waals surface area contributed by atoms with Crippen molar-refractivity contribution < 1.29 is 9.35 Å². The second-order valence-corrected chi connectivity index (χ2v) is 16.4. The minimum Gasteiger partial charge on any atom is -0.416 e. The van der Waals surface area contributed by atoms with E-state index in [4.69, 9.17) is 14.5 Å². The predicted octanol–water partition coefficient (Wildman–Crippen LogP) is 6.79. The fourth-order valence-electron chi connectivity index (χ4n) is 3.77. The summed E-state index contributed by atoms with van der Waals surface area (Å²) in [4.78, 5) is 20.4. The molecule has 3 aromatic heterocycles. The third-order valence-electron chi connectivity index (χ3n) is 6.91. The molecule has 12 heteroatoms. The van der Waals surface area contributed by atoms with Crippen molar-refractivity contribution in [2.45, 2.75) is 52.2 Å². The third-order valence-corrected chi connectivity index (χ3v) is 12.2. The Morgan fingerprint density at radius 1 is 1.26 bits per heavy atom. The molecule has 1 aromatic carbocycles. The van der Waals surface area contributed by atoms with E-state index in [2.05, 4.69) is 44.2 Å². The van der Waals surface area contributed by atoms with E-state index in [0.717, 1.165) is 22.0 Å². The zero-order valence-corrected chi connectivity index (χ0v) is 24.7. The quantitative estimate of drug-likeness (QED) is 0.134. The average molecular weight is 562 g/mol. The summed E-state index contributed by atoms with van der Waals surface area (Å²) in [7, 11) is -2.01. The van der Waals surface area contributed by atoms with Crippen LogP contribution in [0.25, 0.3) is 16.4 Å². The normalized spacial score (nSPS) is 11.8. The Hall–Kier alpha value is -3.92. The van der Waals surface area contributed by atoms with E-state index >= 15 is 0 Å². The number of pyridine rings is 1. The van der Waals surface area contributed by atoms with Crippen LogP contribution in [-0.2, 0) is 10.8 Å². The molecule has 0 amide bonds. The van der Waals surface area contributed by atoms with Crippen molar-refractivity contribution in [1.29, 1.82) is 5.26 Å². The number of nitrogens with one attached hydrogen (secondary N) is 1. The van der Waals surface area contributed by atoms with Crippen LogP contribution in [-0.4, -0.2) is 39.6 Å². The van der Waals surface area contributed by atoms with Crippen LogP contribution in [0.5, 0.6) is 0 Å². The first-order valence-electron chi connectivity index (χ1n) is 12.5. The molecule has 0 aliphatic carbocycles. The van der Waals surface area contributed by atoms with E-state index in [-0.39, 0.29) is 22.0 Å². The van der Waals surface area contributed by atoms with Crippen LogP contribution in [0, 0.1) is 28.4 Å². The first-order chi connectivity index (χ1) is 18.4. The molecule has 0 saturated heterocycles. The third kappa shape index (κ3) is 6.22. The molecule has 39 heavy (non-hydrogen) atoms. The van der Waals surface area contributed by atoms with Gasteiger partial charge in [0.15, 0.2) is 8.32 Å². The monoisotopic (exact) mass is 561 g/mol. The van der Waals surface area contributed by atoms with Gasteiger partial charge in [0, 0.05) is 48.1 Å². The minimum atomic E-state index is -2.01. The smallest absolute Gasteiger partial charge is 0.294 e. The average Bonchev–Trinajstić information content (AvgIpc) is 3.57. The molecule has 0 fully saturated rings. The largest absolute Gasteiger partial charge is 0.416 e. The van der Waals surface area contributed by atoms with Gasteiger partial charge in [-0.15, -0.1) is 11.3 Å². The van der Waals surface area contributed by atoms with Crippen LogP contribution in [0.1, 0.15) is 37.6 Å². The van der Waals surface area contributed by atoms with E-state index in [1.54, 1.807) is 16.9 Å². The van der Waals surface area contributed by atoms with E-state index < -0.39 is 13.2 Å². The summed E-state index contributed by atoms with van der Waals surface area (Å²) in [5.74, 6) is 0.475. The zero-order valence-electron chi connectivity index (χ0n) is 22.8. The Labute approximate surface area is 232 Å². The van der Waals surface area contributed by atoms with Crippen molar-refractivity contribution in [3.63, 3.8) is 0 Å². The lowest BCUT2D eigenvalue weighted by atomic mass is 10.1. The lowest BCUT2D eigenvalue weighted by Crippen LogP contribution is -2.41. The summed E-state index contributed by atoms with van der Waals surface area (Å²) >= 11 is 1.51. The van der Waals surface area contributed by atoms with Crippen LogP contribution in [0.4, 0.5) is 17.2 Å². The number of nitro groups is 1. The van der Waals surface area contributed by atoms with Crippen LogP contribution in [0.3, 0.4) is 0 Å². The van der Waals surface area contributed by atoms with Crippen molar-refractivity contribution in [1.82, 2.24) is 19.7 Å². The molecular weight excluding hydrogens is 530 g/mol. The molecule has 4 aromatic rings. The van der Waals surface area contributed by atoms with E-state index in [1.165, 1.54) is 23.5 Å². The van der Waals surface area contributed by atoms with Gasteiger partial charge in [0.25, 0.3) is 5.69 Å². The first kappa shape index (κ1) is 28.1. The maximum Gasteiger partial charge on any atom is 0.294 e. The highest BCUT2D eigenvalue weighted by atomic mass is 32.1. The Bertz CT molecular complexity index is 1540. The molecule has 0 aliphatic rings. The molecule has 4 rings (SSSR count). The number of aryl methyl sites for hydroxylation is 1. The molecule has 0 atom stereocenters. The molecule has 0 radical (unpaired) electrons. The van der Waals surface area contributed by atoms with Gasteiger partial charge in [-0.1, -0.05) is 20.8 Å².